The number of nitrogens with zero attached hydrogens (tertiary/aromatic N) is 1. The number of carbonyl (C=O) groups excluding carboxylic acids is 2. The lowest BCUT2D eigenvalue weighted by molar-refractivity contribution is -0.125. The molecule has 2 amide bonds. The first kappa shape index (κ1) is 23.0. The minimum atomic E-state index is -1.75. The zero-order chi connectivity index (χ0) is 21.6. The lowest BCUT2D eigenvalue weighted by atomic mass is 9.75. The zero-order valence-corrected chi connectivity index (χ0v) is 17.4. The number of aliphatic hydroxyl groups excluding tert-OH is 1. The van der Waals surface area contributed by atoms with Crippen molar-refractivity contribution in [3.63, 3.8) is 0 Å². The van der Waals surface area contributed by atoms with Gasteiger partial charge in [-0.3, -0.25) is 9.59 Å². The summed E-state index contributed by atoms with van der Waals surface area (Å²) in [5, 5.41) is 36.1. The Balaban J connectivity index is 2.09. The average molecular weight is 419 g/mol. The first-order chi connectivity index (χ1) is 13.7. The Hall–Kier alpha value is -2.27. The van der Waals surface area contributed by atoms with Gasteiger partial charge in [0.25, 0.3) is 5.91 Å². The molecule has 0 aliphatic rings. The van der Waals surface area contributed by atoms with E-state index in [0.717, 1.165) is 5.56 Å². The van der Waals surface area contributed by atoms with Crippen molar-refractivity contribution in [1.82, 2.24) is 15.6 Å². The second kappa shape index (κ2) is 10.5. The molecule has 156 valence electrons. The molecule has 1 aromatic carbocycles. The molecule has 2 rings (SSSR count). The number of aromatic nitrogens is 1. The Morgan fingerprint density at radius 2 is 1.79 bits per heavy atom. The van der Waals surface area contributed by atoms with E-state index in [9.17, 15) is 24.7 Å². The van der Waals surface area contributed by atoms with E-state index in [4.69, 9.17) is 0 Å². The zero-order valence-electron chi connectivity index (χ0n) is 16.6. The topological polar surface area (TPSA) is 132 Å². The monoisotopic (exact) mass is 419 g/mol. The summed E-state index contributed by atoms with van der Waals surface area (Å²) in [5.41, 5.74) is 1.00. The molecule has 0 radical (unpaired) electrons. The summed E-state index contributed by atoms with van der Waals surface area (Å²) in [4.78, 5) is 29.4. The largest absolute Gasteiger partial charge is 0.475 e. The minimum Gasteiger partial charge on any atom is -0.426 e. The molecule has 1 heterocycles. The maximum Gasteiger partial charge on any atom is 0.475 e. The van der Waals surface area contributed by atoms with E-state index in [1.807, 2.05) is 44.2 Å². The lowest BCUT2D eigenvalue weighted by Gasteiger charge is -2.25. The molecule has 0 spiro atoms. The van der Waals surface area contributed by atoms with Crippen molar-refractivity contribution in [3.8, 4) is 10.6 Å². The number of thiazole rings is 1. The van der Waals surface area contributed by atoms with Crippen molar-refractivity contribution >= 4 is 30.3 Å². The average Bonchev–Trinajstić information content (AvgIpc) is 3.15. The first-order valence-electron chi connectivity index (χ1n) is 9.35. The van der Waals surface area contributed by atoms with Gasteiger partial charge in [-0.05, 0) is 19.3 Å². The summed E-state index contributed by atoms with van der Waals surface area (Å²) in [7, 11) is -1.75. The molecule has 0 unspecified atom stereocenters. The Morgan fingerprint density at radius 1 is 1.14 bits per heavy atom. The Bertz CT molecular complexity index is 813. The maximum atomic E-state index is 12.5. The molecular formula is C19H26BN3O5S. The molecule has 0 aliphatic heterocycles. The fourth-order valence-electron chi connectivity index (χ4n) is 2.75. The van der Waals surface area contributed by atoms with Crippen molar-refractivity contribution < 1.29 is 24.7 Å². The van der Waals surface area contributed by atoms with Crippen LogP contribution in [0.4, 0.5) is 0 Å². The van der Waals surface area contributed by atoms with Gasteiger partial charge in [0.1, 0.15) is 16.7 Å². The highest BCUT2D eigenvalue weighted by Gasteiger charge is 2.32. The third kappa shape index (κ3) is 6.64. The quantitative estimate of drug-likeness (QED) is 0.383. The Labute approximate surface area is 174 Å². The van der Waals surface area contributed by atoms with Crippen LogP contribution in [0.2, 0.25) is 0 Å². The molecule has 29 heavy (non-hydrogen) atoms. The van der Waals surface area contributed by atoms with Gasteiger partial charge in [0.2, 0.25) is 5.91 Å². The van der Waals surface area contributed by atoms with Crippen LogP contribution in [-0.4, -0.2) is 57.2 Å². The fraction of sp³-hybridized carbons (Fsp3) is 0.421. The Kier molecular flexibility index (Phi) is 8.33. The van der Waals surface area contributed by atoms with Crippen molar-refractivity contribution in [2.45, 2.75) is 45.3 Å². The molecule has 10 heteroatoms. The maximum absolute atomic E-state index is 12.5. The van der Waals surface area contributed by atoms with Gasteiger partial charge >= 0.3 is 7.12 Å². The number of aliphatic hydroxyl groups is 1. The molecule has 2 aromatic rings. The van der Waals surface area contributed by atoms with Crippen LogP contribution in [0.3, 0.4) is 0 Å². The van der Waals surface area contributed by atoms with Gasteiger partial charge in [0, 0.05) is 10.9 Å². The first-order valence-corrected chi connectivity index (χ1v) is 10.2. The van der Waals surface area contributed by atoms with Gasteiger partial charge in [0.15, 0.2) is 0 Å². The number of nitrogens with one attached hydrogen (secondary N) is 2. The van der Waals surface area contributed by atoms with Crippen LogP contribution in [0.15, 0.2) is 35.7 Å². The van der Waals surface area contributed by atoms with E-state index in [-0.39, 0.29) is 11.6 Å². The van der Waals surface area contributed by atoms with E-state index in [1.165, 1.54) is 18.3 Å². The number of hydrogen-bond donors (Lipinski definition) is 5. The molecule has 0 aliphatic carbocycles. The minimum absolute atomic E-state index is 0.105. The SMILES string of the molecule is CC(C)C[C@H](NC(=O)[C@@H](NC(=O)c1csc(-c2ccccc2)n1)[C@@H](C)O)B(O)O. The van der Waals surface area contributed by atoms with Crippen LogP contribution in [0, 0.1) is 5.92 Å². The van der Waals surface area contributed by atoms with Crippen molar-refractivity contribution in [2.24, 2.45) is 5.92 Å². The molecule has 1 aromatic heterocycles. The molecule has 8 nitrogen and oxygen atoms in total. The third-order valence-electron chi connectivity index (χ3n) is 4.22. The fourth-order valence-corrected chi connectivity index (χ4v) is 3.55. The van der Waals surface area contributed by atoms with Gasteiger partial charge < -0.3 is 25.8 Å². The predicted molar refractivity (Wildman–Crippen MR) is 112 cm³/mol. The smallest absolute Gasteiger partial charge is 0.426 e. The second-order valence-electron chi connectivity index (χ2n) is 7.25. The summed E-state index contributed by atoms with van der Waals surface area (Å²) in [6, 6.07) is 8.11. The number of carbonyl (C=O) groups is 2. The van der Waals surface area contributed by atoms with Crippen LogP contribution in [0.5, 0.6) is 0 Å². The molecule has 0 bridgehead atoms. The number of hydrogen-bond acceptors (Lipinski definition) is 7. The van der Waals surface area contributed by atoms with Crippen molar-refractivity contribution in [3.05, 3.63) is 41.4 Å². The van der Waals surface area contributed by atoms with Crippen LogP contribution in [-0.2, 0) is 4.79 Å². The van der Waals surface area contributed by atoms with E-state index >= 15 is 0 Å². The van der Waals surface area contributed by atoms with Gasteiger partial charge in [-0.2, -0.15) is 0 Å². The highest BCUT2D eigenvalue weighted by Crippen LogP contribution is 2.23. The highest BCUT2D eigenvalue weighted by molar-refractivity contribution is 7.13. The Morgan fingerprint density at radius 3 is 2.34 bits per heavy atom. The second-order valence-corrected chi connectivity index (χ2v) is 8.11. The third-order valence-corrected chi connectivity index (χ3v) is 5.11. The van der Waals surface area contributed by atoms with Crippen molar-refractivity contribution in [2.75, 3.05) is 0 Å². The molecule has 3 atom stereocenters. The summed E-state index contributed by atoms with van der Waals surface area (Å²) >= 11 is 1.30. The molecule has 0 saturated carbocycles. The van der Waals surface area contributed by atoms with Gasteiger partial charge in [-0.25, -0.2) is 4.98 Å². The standard InChI is InChI=1S/C19H26BN3O5S/c1-11(2)9-15(20(27)28)22-18(26)16(12(3)24)23-17(25)14-10-29-19(21-14)13-7-5-4-6-8-13/h4-8,10-12,15-16,24,27-28H,9H2,1-3H3,(H,22,26)(H,23,25)/t12-,15+,16+/m1/s1. The van der Waals surface area contributed by atoms with Crippen LogP contribution >= 0.6 is 11.3 Å². The van der Waals surface area contributed by atoms with E-state index in [2.05, 4.69) is 15.6 Å². The normalized spacial score (nSPS) is 14.2. The summed E-state index contributed by atoms with van der Waals surface area (Å²) < 4.78 is 0. The van der Waals surface area contributed by atoms with Crippen molar-refractivity contribution in [1.29, 1.82) is 0 Å². The number of benzene rings is 1. The number of rotatable bonds is 9. The molecule has 0 saturated heterocycles. The molecule has 5 N–H and O–H groups in total. The summed E-state index contributed by atoms with van der Waals surface area (Å²) in [5.74, 6) is -2.11. The van der Waals surface area contributed by atoms with E-state index in [1.54, 1.807) is 5.38 Å². The molecular weight excluding hydrogens is 393 g/mol. The van der Waals surface area contributed by atoms with Gasteiger partial charge in [-0.1, -0.05) is 44.2 Å². The van der Waals surface area contributed by atoms with Crippen LogP contribution in [0.1, 0.15) is 37.7 Å². The van der Waals surface area contributed by atoms with E-state index in [0.29, 0.717) is 11.4 Å². The predicted octanol–water partition coefficient (Wildman–Crippen LogP) is 0.832. The van der Waals surface area contributed by atoms with Crippen LogP contribution < -0.4 is 10.6 Å². The van der Waals surface area contributed by atoms with Crippen LogP contribution in [0.25, 0.3) is 10.6 Å². The number of amides is 2. The molecule has 0 fully saturated rings. The van der Waals surface area contributed by atoms with E-state index < -0.39 is 37.0 Å². The van der Waals surface area contributed by atoms with Gasteiger partial charge in [0.05, 0.1) is 12.0 Å². The lowest BCUT2D eigenvalue weighted by Crippen LogP contribution is -2.57. The summed E-state index contributed by atoms with van der Waals surface area (Å²) in [6.07, 6.45) is -0.863. The highest BCUT2D eigenvalue weighted by atomic mass is 32.1. The summed E-state index contributed by atoms with van der Waals surface area (Å²) in [6.45, 7) is 5.12. The van der Waals surface area contributed by atoms with Gasteiger partial charge in [-0.15, -0.1) is 11.3 Å².